The average molecular weight is 483 g/mol. The van der Waals surface area contributed by atoms with Gasteiger partial charge < -0.3 is 24.2 Å². The van der Waals surface area contributed by atoms with Gasteiger partial charge in [0.15, 0.2) is 11.5 Å². The summed E-state index contributed by atoms with van der Waals surface area (Å²) in [5, 5.41) is 23.3. The van der Waals surface area contributed by atoms with Crippen molar-refractivity contribution in [3.8, 4) is 11.5 Å². The molecule has 2 spiro atoms. The van der Waals surface area contributed by atoms with E-state index < -0.39 is 11.2 Å². The Balaban J connectivity index is 1.50. The van der Waals surface area contributed by atoms with E-state index in [1.165, 1.54) is 30.5 Å². The van der Waals surface area contributed by atoms with Gasteiger partial charge in [0.05, 0.1) is 37.2 Å². The molecular formula is C30H44NO4+. The van der Waals surface area contributed by atoms with E-state index in [9.17, 15) is 10.2 Å². The number of likely N-dealkylation sites (N-methyl/N-ethyl adjacent to an activating group) is 1. The third kappa shape index (κ3) is 2.38. The van der Waals surface area contributed by atoms with Crippen molar-refractivity contribution in [1.82, 2.24) is 0 Å². The van der Waals surface area contributed by atoms with Crippen LogP contribution < -0.4 is 4.74 Å². The van der Waals surface area contributed by atoms with Crippen LogP contribution in [0, 0.1) is 22.7 Å². The molecule has 192 valence electrons. The molecule has 2 N–H and O–H groups in total. The summed E-state index contributed by atoms with van der Waals surface area (Å²) in [4.78, 5) is 0. The molecule has 0 aromatic heterocycles. The molecule has 0 amide bonds. The lowest BCUT2D eigenvalue weighted by molar-refractivity contribution is -0.952. The number of ether oxygens (including phenoxy) is 2. The third-order valence-electron chi connectivity index (χ3n) is 12.6. The van der Waals surface area contributed by atoms with Gasteiger partial charge in [-0.3, -0.25) is 0 Å². The normalized spacial score (nSPS) is 46.7. The quantitative estimate of drug-likeness (QED) is 0.618. The van der Waals surface area contributed by atoms with E-state index in [0.717, 1.165) is 49.0 Å². The zero-order valence-corrected chi connectivity index (χ0v) is 22.5. The number of piperidine rings is 1. The first kappa shape index (κ1) is 22.9. The Morgan fingerprint density at radius 1 is 1.14 bits per heavy atom. The van der Waals surface area contributed by atoms with Crippen LogP contribution in [0.25, 0.3) is 0 Å². The highest BCUT2D eigenvalue weighted by Crippen LogP contribution is 2.78. The van der Waals surface area contributed by atoms with Crippen LogP contribution in [0.5, 0.6) is 11.5 Å². The second-order valence-electron chi connectivity index (χ2n) is 14.7. The zero-order valence-electron chi connectivity index (χ0n) is 22.5. The van der Waals surface area contributed by atoms with Crippen molar-refractivity contribution < 1.29 is 24.2 Å². The number of likely N-dealkylation sites (tertiary alicyclic amines) is 1. The number of hydrogen-bond donors (Lipinski definition) is 2. The topological polar surface area (TPSA) is 58.9 Å². The minimum Gasteiger partial charge on any atom is -0.504 e. The molecule has 7 aliphatic rings. The van der Waals surface area contributed by atoms with Gasteiger partial charge in [-0.05, 0) is 56.1 Å². The van der Waals surface area contributed by atoms with E-state index in [1.807, 2.05) is 20.1 Å². The van der Waals surface area contributed by atoms with Gasteiger partial charge in [-0.15, -0.1) is 0 Å². The van der Waals surface area contributed by atoms with Crippen molar-refractivity contribution in [2.24, 2.45) is 22.7 Å². The summed E-state index contributed by atoms with van der Waals surface area (Å²) in [5.41, 5.74) is 0.817. The Labute approximate surface area is 210 Å². The molecule has 5 aliphatic carbocycles. The molecular weight excluding hydrogens is 438 g/mol. The first-order valence-corrected chi connectivity index (χ1v) is 14.0. The molecule has 4 saturated carbocycles. The summed E-state index contributed by atoms with van der Waals surface area (Å²) in [6.45, 7) is 11.0. The van der Waals surface area contributed by atoms with Crippen LogP contribution in [-0.4, -0.2) is 65.3 Å². The monoisotopic (exact) mass is 482 g/mol. The maximum atomic E-state index is 12.3. The molecule has 8 rings (SSSR count). The van der Waals surface area contributed by atoms with Gasteiger partial charge in [0.25, 0.3) is 0 Å². The van der Waals surface area contributed by atoms with Crippen LogP contribution in [0.2, 0.25) is 0 Å². The molecule has 5 heteroatoms. The molecule has 5 nitrogen and oxygen atoms in total. The number of phenolic OH excluding ortho intramolecular Hbond substituents is 1. The summed E-state index contributed by atoms with van der Waals surface area (Å²) < 4.78 is 14.7. The summed E-state index contributed by atoms with van der Waals surface area (Å²) in [6, 6.07) is 4.55. The second-order valence-corrected chi connectivity index (χ2v) is 14.7. The fourth-order valence-electron chi connectivity index (χ4n) is 10.3. The van der Waals surface area contributed by atoms with Crippen molar-refractivity contribution in [3.05, 3.63) is 23.3 Å². The lowest BCUT2D eigenvalue weighted by atomic mass is 9.33. The van der Waals surface area contributed by atoms with Crippen LogP contribution >= 0.6 is 0 Å². The third-order valence-corrected chi connectivity index (χ3v) is 12.6. The smallest absolute Gasteiger partial charge is 0.165 e. The SMILES string of the molecule is CO[C@]12CC[C@]3(C[C@H]1C(C)(O)C(C)(C)C)[C@@H]1Cc4ccc(O)c5c4[C@]3(CC[N@+]1(C)CC1CC1)[C@@H]2O5. The standard InChI is InChI=1S/C30H43NO4/c1-26(2,3)27(4,33)21-16-28-11-12-30(21,34-6)25-29(28)13-14-31(5,17-18-7-8-18)22(28)15-19-9-10-20(32)24(35-25)23(19)29/h9-10,18,21-22,25,33H,7-8,11-17H2,1-6H3/p+1/t21-,22-,25-,27?,28-,29+,30+,31+/m0/s1. The summed E-state index contributed by atoms with van der Waals surface area (Å²) >= 11 is 0. The molecule has 0 radical (unpaired) electrons. The molecule has 1 aromatic carbocycles. The van der Waals surface area contributed by atoms with Gasteiger partial charge in [0.1, 0.15) is 11.7 Å². The fourth-order valence-corrected chi connectivity index (χ4v) is 10.3. The van der Waals surface area contributed by atoms with E-state index in [4.69, 9.17) is 9.47 Å². The molecule has 2 heterocycles. The molecule has 35 heavy (non-hydrogen) atoms. The summed E-state index contributed by atoms with van der Waals surface area (Å²) in [5.74, 6) is 1.83. The molecule has 2 aliphatic heterocycles. The van der Waals surface area contributed by atoms with Crippen LogP contribution in [0.15, 0.2) is 12.1 Å². The number of nitrogens with zero attached hydrogens (tertiary/aromatic N) is 1. The summed E-state index contributed by atoms with van der Waals surface area (Å²) in [7, 11) is 4.37. The molecule has 1 unspecified atom stereocenters. The van der Waals surface area contributed by atoms with Crippen molar-refractivity contribution >= 4 is 0 Å². The van der Waals surface area contributed by atoms with Gasteiger partial charge in [-0.25, -0.2) is 0 Å². The lowest BCUT2D eigenvalue weighted by Gasteiger charge is -2.75. The van der Waals surface area contributed by atoms with Gasteiger partial charge in [0, 0.05) is 42.8 Å². The van der Waals surface area contributed by atoms with Crippen molar-refractivity contribution in [3.63, 3.8) is 0 Å². The number of phenols is 1. The highest BCUT2D eigenvalue weighted by Gasteiger charge is 2.84. The van der Waals surface area contributed by atoms with Gasteiger partial charge in [-0.1, -0.05) is 26.8 Å². The van der Waals surface area contributed by atoms with Gasteiger partial charge in [-0.2, -0.15) is 0 Å². The molecule has 1 saturated heterocycles. The maximum absolute atomic E-state index is 12.3. The number of methoxy groups -OCH3 is 1. The second kappa shape index (κ2) is 6.39. The van der Waals surface area contributed by atoms with E-state index >= 15 is 0 Å². The van der Waals surface area contributed by atoms with Crippen molar-refractivity contribution in [2.45, 2.75) is 101 Å². The lowest BCUT2D eigenvalue weighted by Crippen LogP contribution is -2.85. The van der Waals surface area contributed by atoms with Gasteiger partial charge in [0.2, 0.25) is 0 Å². The molecule has 4 bridgehead atoms. The van der Waals surface area contributed by atoms with E-state index in [0.29, 0.717) is 11.8 Å². The Kier molecular flexibility index (Phi) is 4.18. The Morgan fingerprint density at radius 2 is 1.89 bits per heavy atom. The predicted octanol–water partition coefficient (Wildman–Crippen LogP) is 4.56. The van der Waals surface area contributed by atoms with Crippen LogP contribution in [0.3, 0.4) is 0 Å². The Hall–Kier alpha value is -1.30. The number of aromatic hydroxyl groups is 1. The van der Waals surface area contributed by atoms with Crippen LogP contribution in [0.4, 0.5) is 0 Å². The number of rotatable bonds is 4. The minimum absolute atomic E-state index is 0.0279. The first-order valence-electron chi connectivity index (χ1n) is 14.0. The van der Waals surface area contributed by atoms with E-state index in [1.54, 1.807) is 0 Å². The number of aliphatic hydroxyl groups is 1. The Bertz CT molecular complexity index is 1100. The van der Waals surface area contributed by atoms with Crippen LogP contribution in [0.1, 0.15) is 77.3 Å². The first-order chi connectivity index (χ1) is 16.4. The predicted molar refractivity (Wildman–Crippen MR) is 135 cm³/mol. The number of quaternary nitrogens is 1. The van der Waals surface area contributed by atoms with Crippen LogP contribution in [-0.2, 0) is 16.6 Å². The zero-order chi connectivity index (χ0) is 24.8. The van der Waals surface area contributed by atoms with Gasteiger partial charge >= 0.3 is 0 Å². The average Bonchev–Trinajstić information content (AvgIpc) is 3.52. The number of benzene rings is 1. The maximum Gasteiger partial charge on any atom is 0.165 e. The highest BCUT2D eigenvalue weighted by molar-refractivity contribution is 5.63. The van der Waals surface area contributed by atoms with E-state index in [-0.39, 0.29) is 34.0 Å². The minimum atomic E-state index is -0.910. The fraction of sp³-hybridized carbons (Fsp3) is 0.800. The highest BCUT2D eigenvalue weighted by atomic mass is 16.6. The molecule has 5 fully saturated rings. The largest absolute Gasteiger partial charge is 0.504 e. The number of hydrogen-bond acceptors (Lipinski definition) is 4. The molecule has 1 aromatic rings. The van der Waals surface area contributed by atoms with E-state index in [2.05, 4.69) is 33.9 Å². The summed E-state index contributed by atoms with van der Waals surface area (Å²) in [6.07, 6.45) is 7.74. The Morgan fingerprint density at radius 3 is 2.54 bits per heavy atom. The number of fused-ring (bicyclic) bond motifs is 2. The van der Waals surface area contributed by atoms with Crippen molar-refractivity contribution in [1.29, 1.82) is 0 Å². The molecule has 8 atom stereocenters. The van der Waals surface area contributed by atoms with Crippen molar-refractivity contribution in [2.75, 3.05) is 27.2 Å².